The summed E-state index contributed by atoms with van der Waals surface area (Å²) in [4.78, 5) is 2.47. The standard InChI is InChI=1S/C18H31N3/c1-3-21(4-2)13-12-17(20-19)14-16-10-7-9-15-8-5-6-11-18(15)16/h5-6,8,11,16-17,20H,3-4,7,9-10,12-14,19H2,1-2H3. The average molecular weight is 289 g/mol. The number of nitrogens with two attached hydrogens (primary N) is 1. The van der Waals surface area contributed by atoms with Crippen molar-refractivity contribution in [3.63, 3.8) is 0 Å². The number of fused-ring (bicyclic) bond motifs is 1. The Kier molecular flexibility index (Phi) is 6.68. The molecular formula is C18H31N3. The molecule has 118 valence electrons. The minimum Gasteiger partial charge on any atom is -0.304 e. The van der Waals surface area contributed by atoms with Gasteiger partial charge >= 0.3 is 0 Å². The van der Waals surface area contributed by atoms with Crippen LogP contribution in [0.3, 0.4) is 0 Å². The normalized spacial score (nSPS) is 19.5. The van der Waals surface area contributed by atoms with Gasteiger partial charge in [-0.1, -0.05) is 38.1 Å². The van der Waals surface area contributed by atoms with E-state index in [0.717, 1.165) is 32.5 Å². The third-order valence-corrected chi connectivity index (χ3v) is 4.99. The van der Waals surface area contributed by atoms with Crippen LogP contribution in [0.25, 0.3) is 0 Å². The lowest BCUT2D eigenvalue weighted by Gasteiger charge is -2.30. The highest BCUT2D eigenvalue weighted by Gasteiger charge is 2.23. The molecule has 1 aliphatic carbocycles. The van der Waals surface area contributed by atoms with E-state index in [9.17, 15) is 0 Å². The highest BCUT2D eigenvalue weighted by Crippen LogP contribution is 2.34. The number of rotatable bonds is 8. The van der Waals surface area contributed by atoms with Crippen LogP contribution >= 0.6 is 0 Å². The predicted octanol–water partition coefficient (Wildman–Crippen LogP) is 3.06. The van der Waals surface area contributed by atoms with Crippen molar-refractivity contribution in [3.05, 3.63) is 35.4 Å². The number of hydrogen-bond donors (Lipinski definition) is 2. The Morgan fingerprint density at radius 1 is 1.29 bits per heavy atom. The molecule has 2 rings (SSSR count). The highest BCUT2D eigenvalue weighted by molar-refractivity contribution is 5.32. The lowest BCUT2D eigenvalue weighted by molar-refractivity contribution is 0.272. The Bertz CT molecular complexity index is 415. The van der Waals surface area contributed by atoms with Gasteiger partial charge in [0.1, 0.15) is 0 Å². The van der Waals surface area contributed by atoms with E-state index < -0.39 is 0 Å². The van der Waals surface area contributed by atoms with Crippen LogP contribution < -0.4 is 11.3 Å². The summed E-state index contributed by atoms with van der Waals surface area (Å²) in [6.45, 7) is 7.84. The van der Waals surface area contributed by atoms with Gasteiger partial charge in [-0.05, 0) is 68.8 Å². The molecule has 0 spiro atoms. The molecule has 3 nitrogen and oxygen atoms in total. The first-order valence-electron chi connectivity index (χ1n) is 8.54. The van der Waals surface area contributed by atoms with E-state index in [1.54, 1.807) is 11.1 Å². The van der Waals surface area contributed by atoms with Crippen molar-refractivity contribution in [2.24, 2.45) is 5.84 Å². The molecule has 0 bridgehead atoms. The zero-order valence-electron chi connectivity index (χ0n) is 13.6. The molecule has 21 heavy (non-hydrogen) atoms. The first kappa shape index (κ1) is 16.5. The lowest BCUT2D eigenvalue weighted by Crippen LogP contribution is -2.39. The number of nitrogens with zero attached hydrogens (tertiary/aromatic N) is 1. The summed E-state index contributed by atoms with van der Waals surface area (Å²) in [7, 11) is 0. The molecular weight excluding hydrogens is 258 g/mol. The molecule has 0 saturated carbocycles. The van der Waals surface area contributed by atoms with Crippen LogP contribution in [-0.4, -0.2) is 30.6 Å². The summed E-state index contributed by atoms with van der Waals surface area (Å²) < 4.78 is 0. The van der Waals surface area contributed by atoms with Crippen LogP contribution in [0, 0.1) is 0 Å². The van der Waals surface area contributed by atoms with Crippen LogP contribution in [0.4, 0.5) is 0 Å². The van der Waals surface area contributed by atoms with Gasteiger partial charge in [0, 0.05) is 6.04 Å². The second-order valence-electron chi connectivity index (χ2n) is 6.20. The van der Waals surface area contributed by atoms with Crippen LogP contribution in [0.1, 0.15) is 56.6 Å². The fourth-order valence-corrected chi connectivity index (χ4v) is 3.59. The molecule has 0 amide bonds. The molecule has 3 heteroatoms. The van der Waals surface area contributed by atoms with Gasteiger partial charge in [0.05, 0.1) is 0 Å². The monoisotopic (exact) mass is 289 g/mol. The SMILES string of the molecule is CCN(CC)CCC(CC1CCCc2ccccc21)NN. The summed E-state index contributed by atoms with van der Waals surface area (Å²) in [5.74, 6) is 6.48. The zero-order chi connectivity index (χ0) is 15.1. The number of hydrazine groups is 1. The molecule has 3 N–H and O–H groups in total. The van der Waals surface area contributed by atoms with Crippen LogP contribution in [-0.2, 0) is 6.42 Å². The summed E-state index contributed by atoms with van der Waals surface area (Å²) in [6, 6.07) is 9.37. The summed E-state index contributed by atoms with van der Waals surface area (Å²) >= 11 is 0. The molecule has 0 fully saturated rings. The van der Waals surface area contributed by atoms with Gasteiger partial charge in [-0.2, -0.15) is 0 Å². The highest BCUT2D eigenvalue weighted by atomic mass is 15.2. The molecule has 1 aromatic carbocycles. The van der Waals surface area contributed by atoms with E-state index >= 15 is 0 Å². The quantitative estimate of drug-likeness (QED) is 0.571. The van der Waals surface area contributed by atoms with E-state index in [1.807, 2.05) is 0 Å². The summed E-state index contributed by atoms with van der Waals surface area (Å²) in [5, 5.41) is 0. The number of hydrogen-bond acceptors (Lipinski definition) is 3. The van der Waals surface area contributed by atoms with E-state index in [1.165, 1.54) is 19.3 Å². The van der Waals surface area contributed by atoms with Crippen molar-refractivity contribution in [3.8, 4) is 0 Å². The summed E-state index contributed by atoms with van der Waals surface area (Å²) in [6.07, 6.45) is 6.16. The van der Waals surface area contributed by atoms with Crippen LogP contribution in [0.5, 0.6) is 0 Å². The van der Waals surface area contributed by atoms with Crippen LogP contribution in [0.2, 0.25) is 0 Å². The van der Waals surface area contributed by atoms with Gasteiger partial charge in [-0.3, -0.25) is 11.3 Å². The van der Waals surface area contributed by atoms with E-state index in [4.69, 9.17) is 5.84 Å². The Morgan fingerprint density at radius 2 is 2.05 bits per heavy atom. The largest absolute Gasteiger partial charge is 0.304 e. The maximum absolute atomic E-state index is 5.81. The molecule has 0 saturated heterocycles. The van der Waals surface area contributed by atoms with Crippen molar-refractivity contribution in [1.29, 1.82) is 0 Å². The van der Waals surface area contributed by atoms with E-state index in [0.29, 0.717) is 12.0 Å². The van der Waals surface area contributed by atoms with Gasteiger partial charge in [0.2, 0.25) is 0 Å². The minimum absolute atomic E-state index is 0.418. The maximum atomic E-state index is 5.81. The van der Waals surface area contributed by atoms with Gasteiger partial charge < -0.3 is 4.90 Å². The van der Waals surface area contributed by atoms with Crippen molar-refractivity contribution >= 4 is 0 Å². The molecule has 2 unspecified atom stereocenters. The topological polar surface area (TPSA) is 41.3 Å². The molecule has 1 aromatic rings. The van der Waals surface area contributed by atoms with Crippen molar-refractivity contribution < 1.29 is 0 Å². The second-order valence-corrected chi connectivity index (χ2v) is 6.20. The van der Waals surface area contributed by atoms with E-state index in [-0.39, 0.29) is 0 Å². The molecule has 1 aliphatic rings. The molecule has 2 atom stereocenters. The van der Waals surface area contributed by atoms with E-state index in [2.05, 4.69) is 48.4 Å². The van der Waals surface area contributed by atoms with Crippen molar-refractivity contribution in [2.75, 3.05) is 19.6 Å². The third kappa shape index (κ3) is 4.53. The fourth-order valence-electron chi connectivity index (χ4n) is 3.59. The smallest absolute Gasteiger partial charge is 0.0228 e. The van der Waals surface area contributed by atoms with Gasteiger partial charge in [0.25, 0.3) is 0 Å². The number of nitrogens with one attached hydrogen (secondary N) is 1. The second kappa shape index (κ2) is 8.52. The molecule has 0 aliphatic heterocycles. The first-order valence-corrected chi connectivity index (χ1v) is 8.54. The lowest BCUT2D eigenvalue weighted by atomic mass is 9.79. The molecule has 0 radical (unpaired) electrons. The Hall–Kier alpha value is -0.900. The zero-order valence-corrected chi connectivity index (χ0v) is 13.6. The number of benzene rings is 1. The third-order valence-electron chi connectivity index (χ3n) is 4.99. The summed E-state index contributed by atoms with van der Waals surface area (Å²) in [5.41, 5.74) is 6.17. The Labute approximate surface area is 129 Å². The maximum Gasteiger partial charge on any atom is 0.0228 e. The Balaban J connectivity index is 1.93. The fraction of sp³-hybridized carbons (Fsp3) is 0.667. The van der Waals surface area contributed by atoms with Crippen LogP contribution in [0.15, 0.2) is 24.3 Å². The van der Waals surface area contributed by atoms with Crippen molar-refractivity contribution in [2.45, 2.75) is 57.9 Å². The minimum atomic E-state index is 0.418. The Morgan fingerprint density at radius 3 is 2.76 bits per heavy atom. The molecule has 0 heterocycles. The number of aryl methyl sites for hydroxylation is 1. The van der Waals surface area contributed by atoms with Gasteiger partial charge in [-0.25, -0.2) is 0 Å². The first-order chi connectivity index (χ1) is 10.3. The molecule has 0 aromatic heterocycles. The van der Waals surface area contributed by atoms with Gasteiger partial charge in [0.15, 0.2) is 0 Å². The van der Waals surface area contributed by atoms with Crippen molar-refractivity contribution in [1.82, 2.24) is 10.3 Å². The van der Waals surface area contributed by atoms with Gasteiger partial charge in [-0.15, -0.1) is 0 Å². The average Bonchev–Trinajstić information content (AvgIpc) is 2.54. The predicted molar refractivity (Wildman–Crippen MR) is 90.3 cm³/mol.